The summed E-state index contributed by atoms with van der Waals surface area (Å²) in [6.07, 6.45) is 0. The Morgan fingerprint density at radius 1 is 1.29 bits per heavy atom. The maximum Gasteiger partial charge on any atom is 0.337 e. The lowest BCUT2D eigenvalue weighted by Crippen LogP contribution is -2.46. The van der Waals surface area contributed by atoms with Crippen LogP contribution in [-0.2, 0) is 16.1 Å². The zero-order valence-corrected chi connectivity index (χ0v) is 14.2. The summed E-state index contributed by atoms with van der Waals surface area (Å²) in [5.41, 5.74) is 2.04. The quantitative estimate of drug-likeness (QED) is 0.734. The van der Waals surface area contributed by atoms with Gasteiger partial charge >= 0.3 is 12.0 Å². The summed E-state index contributed by atoms with van der Waals surface area (Å²) >= 11 is 0. The number of nitrogens with zero attached hydrogens (tertiary/aromatic N) is 1. The maximum absolute atomic E-state index is 12.0. The van der Waals surface area contributed by atoms with Crippen LogP contribution in [0.3, 0.4) is 0 Å². The van der Waals surface area contributed by atoms with Gasteiger partial charge in [0.05, 0.1) is 25.8 Å². The number of para-hydroxylation sites is 1. The highest BCUT2D eigenvalue weighted by Crippen LogP contribution is 2.19. The van der Waals surface area contributed by atoms with Gasteiger partial charge in [0.25, 0.3) is 0 Å². The van der Waals surface area contributed by atoms with Crippen LogP contribution in [0.2, 0.25) is 0 Å². The molecule has 0 atom stereocenters. The molecule has 1 heterocycles. The lowest BCUT2D eigenvalue weighted by Gasteiger charge is -2.25. The Labute approximate surface area is 141 Å². The number of nitrogens with one attached hydrogen (secondary N) is 2. The van der Waals surface area contributed by atoms with E-state index in [1.54, 1.807) is 14.0 Å². The first kappa shape index (κ1) is 17.8. The molecule has 0 bridgehead atoms. The van der Waals surface area contributed by atoms with E-state index >= 15 is 0 Å². The molecule has 1 aromatic rings. The third-order valence-corrected chi connectivity index (χ3v) is 3.64. The largest absolute Gasteiger partial charge is 0.496 e. The third-order valence-electron chi connectivity index (χ3n) is 3.64. The molecule has 0 radical (unpaired) electrons. The molecule has 2 N–H and O–H groups in total. The van der Waals surface area contributed by atoms with Crippen molar-refractivity contribution in [2.45, 2.75) is 13.5 Å². The molecule has 0 fully saturated rings. The Morgan fingerprint density at radius 2 is 2.04 bits per heavy atom. The second kappa shape index (κ2) is 8.35. The third kappa shape index (κ3) is 4.48. The average molecular weight is 333 g/mol. The van der Waals surface area contributed by atoms with Gasteiger partial charge in [-0.25, -0.2) is 9.59 Å². The molecule has 2 rings (SSSR count). The van der Waals surface area contributed by atoms with Gasteiger partial charge in [-0.15, -0.1) is 0 Å². The smallest absolute Gasteiger partial charge is 0.337 e. The van der Waals surface area contributed by atoms with Gasteiger partial charge in [0.2, 0.25) is 0 Å². The number of carbonyl (C=O) groups excluding carboxylic acids is 2. The predicted octanol–water partition coefficient (Wildman–Crippen LogP) is 1.26. The summed E-state index contributed by atoms with van der Waals surface area (Å²) in [5.74, 6) is 0.393. The van der Waals surface area contributed by atoms with Crippen LogP contribution in [0.15, 0.2) is 35.5 Å². The van der Waals surface area contributed by atoms with Crippen molar-refractivity contribution in [3.63, 3.8) is 0 Å². The van der Waals surface area contributed by atoms with Gasteiger partial charge in [0.15, 0.2) is 0 Å². The van der Waals surface area contributed by atoms with E-state index < -0.39 is 5.97 Å². The van der Waals surface area contributed by atoms with Gasteiger partial charge in [-0.1, -0.05) is 18.2 Å². The van der Waals surface area contributed by atoms with Crippen molar-refractivity contribution < 1.29 is 19.1 Å². The molecule has 0 aliphatic carbocycles. The van der Waals surface area contributed by atoms with Gasteiger partial charge in [-0.2, -0.15) is 0 Å². The van der Waals surface area contributed by atoms with Gasteiger partial charge in [0.1, 0.15) is 5.75 Å². The number of ether oxygens (including phenoxy) is 2. The molecule has 2 amide bonds. The predicted molar refractivity (Wildman–Crippen MR) is 89.5 cm³/mol. The minimum absolute atomic E-state index is 0.169. The zero-order valence-electron chi connectivity index (χ0n) is 14.2. The molecule has 0 saturated carbocycles. The van der Waals surface area contributed by atoms with Crippen molar-refractivity contribution in [2.24, 2.45) is 0 Å². The summed E-state index contributed by atoms with van der Waals surface area (Å²) in [4.78, 5) is 25.6. The zero-order chi connectivity index (χ0) is 17.5. The molecule has 1 aliphatic heterocycles. The van der Waals surface area contributed by atoms with Gasteiger partial charge < -0.3 is 20.1 Å². The second-order valence-corrected chi connectivity index (χ2v) is 5.47. The second-order valence-electron chi connectivity index (χ2n) is 5.47. The summed E-state index contributed by atoms with van der Waals surface area (Å²) in [5, 5.41) is 5.30. The van der Waals surface area contributed by atoms with Crippen molar-refractivity contribution in [3.8, 4) is 5.75 Å². The van der Waals surface area contributed by atoms with Crippen LogP contribution in [0.4, 0.5) is 4.79 Å². The number of rotatable bonds is 7. The lowest BCUT2D eigenvalue weighted by atomic mass is 10.1. The molecule has 130 valence electrons. The van der Waals surface area contributed by atoms with Gasteiger partial charge in [-0.05, 0) is 20.0 Å². The normalized spacial score (nSPS) is 14.2. The summed E-state index contributed by atoms with van der Waals surface area (Å²) < 4.78 is 10.4. The summed E-state index contributed by atoms with van der Waals surface area (Å²) in [6.45, 7) is 3.25. The van der Waals surface area contributed by atoms with E-state index in [0.29, 0.717) is 31.0 Å². The number of urea groups is 1. The van der Waals surface area contributed by atoms with E-state index in [4.69, 9.17) is 9.47 Å². The highest BCUT2D eigenvalue weighted by atomic mass is 16.5. The lowest BCUT2D eigenvalue weighted by molar-refractivity contribution is -0.138. The molecular weight excluding hydrogens is 310 g/mol. The number of benzene rings is 1. The Hall–Kier alpha value is -2.54. The fraction of sp³-hybridized carbons (Fsp3) is 0.412. The van der Waals surface area contributed by atoms with Crippen LogP contribution in [0.1, 0.15) is 12.5 Å². The molecule has 0 spiro atoms. The van der Waals surface area contributed by atoms with Gasteiger partial charge in [-0.3, -0.25) is 4.90 Å². The number of methoxy groups -OCH3 is 1. The Bertz CT molecular complexity index is 642. The Kier molecular flexibility index (Phi) is 6.20. The number of likely N-dealkylation sites (N-methyl/N-ethyl adjacent to an activating group) is 1. The van der Waals surface area contributed by atoms with E-state index in [1.165, 1.54) is 0 Å². The van der Waals surface area contributed by atoms with Crippen LogP contribution in [0, 0.1) is 0 Å². The standard InChI is InChI=1S/C17H23N3O4/c1-4-24-16(21)13-9-18-17(22)19-14(13)11-20(2)10-12-7-5-6-8-15(12)23-3/h5-8H,4,9-11H2,1-3H3,(H2,18,19,22). The topological polar surface area (TPSA) is 79.9 Å². The number of esters is 1. The monoisotopic (exact) mass is 333 g/mol. The van der Waals surface area contributed by atoms with E-state index in [-0.39, 0.29) is 12.6 Å². The first-order chi connectivity index (χ1) is 11.5. The van der Waals surface area contributed by atoms with Gasteiger partial charge in [0, 0.05) is 24.4 Å². The van der Waals surface area contributed by atoms with Crippen molar-refractivity contribution in [3.05, 3.63) is 41.1 Å². The number of hydrogen-bond acceptors (Lipinski definition) is 5. The van der Waals surface area contributed by atoms with Crippen LogP contribution in [0.5, 0.6) is 5.75 Å². The van der Waals surface area contributed by atoms with Crippen molar-refractivity contribution in [1.82, 2.24) is 15.5 Å². The molecule has 24 heavy (non-hydrogen) atoms. The van der Waals surface area contributed by atoms with E-state index in [1.807, 2.05) is 36.2 Å². The van der Waals surface area contributed by atoms with Crippen LogP contribution in [0.25, 0.3) is 0 Å². The number of amides is 2. The average Bonchev–Trinajstić information content (AvgIpc) is 2.55. The summed E-state index contributed by atoms with van der Waals surface area (Å²) in [6, 6.07) is 7.43. The molecule has 0 aromatic heterocycles. The molecule has 7 heteroatoms. The molecule has 1 aliphatic rings. The van der Waals surface area contributed by atoms with Crippen LogP contribution in [-0.4, -0.2) is 50.8 Å². The molecular formula is C17H23N3O4. The van der Waals surface area contributed by atoms with Crippen LogP contribution < -0.4 is 15.4 Å². The number of hydrogen-bond donors (Lipinski definition) is 2. The number of carbonyl (C=O) groups is 2. The Balaban J connectivity index is 2.13. The minimum Gasteiger partial charge on any atom is -0.496 e. The van der Waals surface area contributed by atoms with E-state index in [2.05, 4.69) is 10.6 Å². The highest BCUT2D eigenvalue weighted by molar-refractivity contribution is 5.93. The highest BCUT2D eigenvalue weighted by Gasteiger charge is 2.24. The fourth-order valence-electron chi connectivity index (χ4n) is 2.53. The van der Waals surface area contributed by atoms with Crippen molar-refractivity contribution in [2.75, 3.05) is 33.9 Å². The summed E-state index contributed by atoms with van der Waals surface area (Å²) in [7, 11) is 3.55. The van der Waals surface area contributed by atoms with Crippen LogP contribution >= 0.6 is 0 Å². The van der Waals surface area contributed by atoms with Crippen molar-refractivity contribution >= 4 is 12.0 Å². The molecule has 0 saturated heterocycles. The molecule has 7 nitrogen and oxygen atoms in total. The van der Waals surface area contributed by atoms with E-state index in [9.17, 15) is 9.59 Å². The first-order valence-electron chi connectivity index (χ1n) is 7.79. The first-order valence-corrected chi connectivity index (χ1v) is 7.79. The Morgan fingerprint density at radius 3 is 2.75 bits per heavy atom. The van der Waals surface area contributed by atoms with Crippen molar-refractivity contribution in [1.29, 1.82) is 0 Å². The van der Waals surface area contributed by atoms with E-state index in [0.717, 1.165) is 11.3 Å². The molecule has 0 unspecified atom stereocenters. The molecule has 1 aromatic carbocycles. The SMILES string of the molecule is CCOC(=O)C1=C(CN(C)Cc2ccccc2OC)NC(=O)NC1. The fourth-order valence-corrected chi connectivity index (χ4v) is 2.53. The maximum atomic E-state index is 12.0. The minimum atomic E-state index is -0.411.